The second-order valence-corrected chi connectivity index (χ2v) is 7.71. The first kappa shape index (κ1) is 18.2. The van der Waals surface area contributed by atoms with Crippen molar-refractivity contribution in [2.75, 3.05) is 10.6 Å². The molecule has 0 aliphatic heterocycles. The van der Waals surface area contributed by atoms with Gasteiger partial charge in [-0.05, 0) is 62.9 Å². The minimum Gasteiger partial charge on any atom is -0.507 e. The molecule has 0 bridgehead atoms. The number of hydrogen-bond donors (Lipinski definition) is 3. The first-order chi connectivity index (χ1) is 13.4. The largest absolute Gasteiger partial charge is 0.507 e. The van der Waals surface area contributed by atoms with Gasteiger partial charge in [-0.25, -0.2) is 9.97 Å². The zero-order valence-corrected chi connectivity index (χ0v) is 16.3. The predicted molar refractivity (Wildman–Crippen MR) is 111 cm³/mol. The Morgan fingerprint density at radius 1 is 1.18 bits per heavy atom. The van der Waals surface area contributed by atoms with Crippen molar-refractivity contribution in [2.45, 2.75) is 39.7 Å². The number of phenolic OH excluding ortho intramolecular Hbond substituents is 1. The summed E-state index contributed by atoms with van der Waals surface area (Å²) in [7, 11) is 0. The molecular weight excluding hydrogens is 352 g/mol. The Kier molecular flexibility index (Phi) is 4.63. The van der Waals surface area contributed by atoms with E-state index in [4.69, 9.17) is 0 Å². The minimum atomic E-state index is 0.0659. The van der Waals surface area contributed by atoms with Gasteiger partial charge >= 0.3 is 0 Å². The Balaban J connectivity index is 1.71. The Morgan fingerprint density at radius 2 is 1.96 bits per heavy atom. The highest BCUT2D eigenvalue weighted by molar-refractivity contribution is 5.95. The lowest BCUT2D eigenvalue weighted by Crippen LogP contribution is -2.13. The summed E-state index contributed by atoms with van der Waals surface area (Å²) >= 11 is 0. The van der Waals surface area contributed by atoms with E-state index in [2.05, 4.69) is 20.6 Å². The quantitative estimate of drug-likeness (QED) is 0.611. The third-order valence-electron chi connectivity index (χ3n) is 4.86. The molecule has 0 spiro atoms. The number of amides is 1. The van der Waals surface area contributed by atoms with Crippen LogP contribution in [0.25, 0.3) is 22.0 Å². The number of aromatic hydroxyl groups is 1. The van der Waals surface area contributed by atoms with Crippen molar-refractivity contribution in [3.63, 3.8) is 0 Å². The molecule has 6 heteroatoms. The van der Waals surface area contributed by atoms with Crippen molar-refractivity contribution >= 4 is 28.4 Å². The van der Waals surface area contributed by atoms with Crippen molar-refractivity contribution in [2.24, 2.45) is 5.92 Å². The van der Waals surface area contributed by atoms with Gasteiger partial charge in [0.05, 0.1) is 5.52 Å². The van der Waals surface area contributed by atoms with Crippen LogP contribution in [0.5, 0.6) is 5.75 Å². The highest BCUT2D eigenvalue weighted by Crippen LogP contribution is 2.37. The van der Waals surface area contributed by atoms with Crippen molar-refractivity contribution in [1.82, 2.24) is 9.97 Å². The molecule has 1 aliphatic rings. The van der Waals surface area contributed by atoms with Crippen LogP contribution in [0.15, 0.2) is 36.5 Å². The van der Waals surface area contributed by atoms with E-state index in [0.717, 1.165) is 35.0 Å². The normalized spacial score (nSPS) is 13.7. The molecular formula is C22H24N4O2. The van der Waals surface area contributed by atoms with E-state index in [9.17, 15) is 9.90 Å². The molecule has 144 valence electrons. The van der Waals surface area contributed by atoms with E-state index in [1.807, 2.05) is 45.0 Å². The molecule has 3 aromatic rings. The fourth-order valence-corrected chi connectivity index (χ4v) is 3.19. The molecule has 0 atom stereocenters. The number of phenols is 1. The highest BCUT2D eigenvalue weighted by atomic mass is 16.3. The number of anilines is 2. The molecule has 1 amide bonds. The van der Waals surface area contributed by atoms with Crippen LogP contribution in [0.1, 0.15) is 32.3 Å². The average Bonchev–Trinajstić information content (AvgIpc) is 3.47. The Hall–Kier alpha value is -3.15. The van der Waals surface area contributed by atoms with E-state index in [1.54, 1.807) is 12.3 Å². The number of aryl methyl sites for hydroxylation is 1. The van der Waals surface area contributed by atoms with Crippen LogP contribution in [0.3, 0.4) is 0 Å². The number of hydrogen-bond acceptors (Lipinski definition) is 5. The number of nitrogens with one attached hydrogen (secondary N) is 2. The number of fused-ring (bicyclic) bond motifs is 1. The molecule has 0 saturated heterocycles. The van der Waals surface area contributed by atoms with Crippen molar-refractivity contribution < 1.29 is 9.90 Å². The Bertz CT molecular complexity index is 1060. The summed E-state index contributed by atoms with van der Waals surface area (Å²) in [6, 6.07) is 9.52. The van der Waals surface area contributed by atoms with E-state index in [0.29, 0.717) is 17.0 Å². The topological polar surface area (TPSA) is 87.1 Å². The van der Waals surface area contributed by atoms with Gasteiger partial charge in [-0.1, -0.05) is 6.07 Å². The minimum absolute atomic E-state index is 0.0659. The number of benzene rings is 2. The number of nitrogens with zero attached hydrogens (tertiary/aromatic N) is 2. The molecule has 0 unspecified atom stereocenters. The zero-order valence-electron chi connectivity index (χ0n) is 16.3. The number of rotatable bonds is 5. The molecule has 2 aromatic carbocycles. The van der Waals surface area contributed by atoms with E-state index in [1.165, 1.54) is 0 Å². The van der Waals surface area contributed by atoms with Crippen LogP contribution in [0, 0.1) is 12.8 Å². The zero-order chi connectivity index (χ0) is 19.8. The molecule has 1 aromatic heterocycles. The number of carbonyl (C=O) groups is 1. The molecule has 1 aliphatic carbocycles. The number of carbonyl (C=O) groups excluding carboxylic acids is 1. The molecule has 1 heterocycles. The third kappa shape index (κ3) is 3.76. The fraction of sp³-hybridized carbons (Fsp3) is 0.318. The second kappa shape index (κ2) is 7.11. The summed E-state index contributed by atoms with van der Waals surface area (Å²) in [5.41, 5.74) is 4.00. The highest BCUT2D eigenvalue weighted by Gasteiger charge is 2.29. The van der Waals surface area contributed by atoms with Crippen molar-refractivity contribution in [3.05, 3.63) is 42.1 Å². The Labute approximate surface area is 164 Å². The molecule has 28 heavy (non-hydrogen) atoms. The summed E-state index contributed by atoms with van der Waals surface area (Å²) in [5.74, 6) is 0.895. The second-order valence-electron chi connectivity index (χ2n) is 7.71. The summed E-state index contributed by atoms with van der Waals surface area (Å²) in [6.45, 7) is 6.02. The van der Waals surface area contributed by atoms with Gasteiger partial charge in [0.15, 0.2) is 0 Å². The van der Waals surface area contributed by atoms with Gasteiger partial charge in [0.2, 0.25) is 11.9 Å². The number of aromatic nitrogens is 2. The van der Waals surface area contributed by atoms with Crippen LogP contribution in [-0.4, -0.2) is 27.0 Å². The van der Waals surface area contributed by atoms with Crippen molar-refractivity contribution in [1.29, 1.82) is 0 Å². The Morgan fingerprint density at radius 3 is 2.68 bits per heavy atom. The van der Waals surface area contributed by atoms with Gasteiger partial charge in [-0.3, -0.25) is 4.79 Å². The summed E-state index contributed by atoms with van der Waals surface area (Å²) in [5, 5.41) is 17.6. The molecule has 6 nitrogen and oxygen atoms in total. The maximum Gasteiger partial charge on any atom is 0.227 e. The maximum absolute atomic E-state index is 12.1. The van der Waals surface area contributed by atoms with Gasteiger partial charge in [0.1, 0.15) is 5.75 Å². The molecule has 3 N–H and O–H groups in total. The lowest BCUT2D eigenvalue weighted by atomic mass is 9.97. The van der Waals surface area contributed by atoms with Crippen LogP contribution < -0.4 is 10.6 Å². The van der Waals surface area contributed by atoms with Gasteiger partial charge in [-0.2, -0.15) is 0 Å². The fourth-order valence-electron chi connectivity index (χ4n) is 3.19. The maximum atomic E-state index is 12.1. The molecule has 0 radical (unpaired) electrons. The summed E-state index contributed by atoms with van der Waals surface area (Å²) < 4.78 is 0. The average molecular weight is 376 g/mol. The first-order valence-corrected chi connectivity index (χ1v) is 9.59. The monoisotopic (exact) mass is 376 g/mol. The summed E-state index contributed by atoms with van der Waals surface area (Å²) in [4.78, 5) is 20.9. The van der Waals surface area contributed by atoms with Crippen LogP contribution in [0.2, 0.25) is 0 Å². The van der Waals surface area contributed by atoms with Gasteiger partial charge in [-0.15, -0.1) is 0 Å². The van der Waals surface area contributed by atoms with Crippen LogP contribution >= 0.6 is 0 Å². The summed E-state index contributed by atoms with van der Waals surface area (Å²) in [6.07, 6.45) is 3.68. The van der Waals surface area contributed by atoms with Gasteiger partial charge < -0.3 is 15.7 Å². The molecule has 4 rings (SSSR count). The standard InChI is InChI=1S/C22H24N4O2/c1-12(2)24-22-23-11-15-8-18(20(27)10-19(15)26-22)17-9-16(7-4-13(17)3)25-21(28)14-5-6-14/h4,7-12,14,27H,5-6H2,1-3H3,(H,25,28)(H,23,24,26). The van der Waals surface area contributed by atoms with Crippen molar-refractivity contribution in [3.8, 4) is 16.9 Å². The lowest BCUT2D eigenvalue weighted by molar-refractivity contribution is -0.117. The van der Waals surface area contributed by atoms with E-state index >= 15 is 0 Å². The third-order valence-corrected chi connectivity index (χ3v) is 4.86. The SMILES string of the molecule is Cc1ccc(NC(=O)C2CC2)cc1-c1cc2cnc(NC(C)C)nc2cc1O. The van der Waals surface area contributed by atoms with Crippen LogP contribution in [0.4, 0.5) is 11.6 Å². The van der Waals surface area contributed by atoms with E-state index < -0.39 is 0 Å². The first-order valence-electron chi connectivity index (χ1n) is 9.59. The molecule has 1 fully saturated rings. The smallest absolute Gasteiger partial charge is 0.227 e. The van der Waals surface area contributed by atoms with Gasteiger partial charge in [0, 0.05) is 40.9 Å². The van der Waals surface area contributed by atoms with Crippen LogP contribution in [-0.2, 0) is 4.79 Å². The van der Waals surface area contributed by atoms with E-state index in [-0.39, 0.29) is 23.6 Å². The lowest BCUT2D eigenvalue weighted by Gasteiger charge is -2.13. The van der Waals surface area contributed by atoms with Gasteiger partial charge in [0.25, 0.3) is 0 Å². The molecule has 1 saturated carbocycles. The predicted octanol–water partition coefficient (Wildman–Crippen LogP) is 4.48.